The van der Waals surface area contributed by atoms with Gasteiger partial charge >= 0.3 is 11.9 Å². The lowest BCUT2D eigenvalue weighted by Gasteiger charge is -2.20. The summed E-state index contributed by atoms with van der Waals surface area (Å²) in [5, 5.41) is 11.2. The van der Waals surface area contributed by atoms with Gasteiger partial charge in [-0.1, -0.05) is 6.07 Å². The molecule has 1 aromatic carbocycles. The lowest BCUT2D eigenvalue weighted by molar-refractivity contribution is -0.385. The maximum absolute atomic E-state index is 12.2. The van der Waals surface area contributed by atoms with Crippen molar-refractivity contribution in [1.82, 2.24) is 0 Å². The molecular formula is C13H16N2O6. The molecular weight excluding hydrogens is 280 g/mol. The van der Waals surface area contributed by atoms with E-state index in [1.54, 1.807) is 20.8 Å². The summed E-state index contributed by atoms with van der Waals surface area (Å²) in [4.78, 5) is 38.3. The van der Waals surface area contributed by atoms with Gasteiger partial charge in [-0.2, -0.15) is 5.90 Å². The number of nitro groups is 1. The summed E-state index contributed by atoms with van der Waals surface area (Å²) in [6, 6.07) is 2.56. The van der Waals surface area contributed by atoms with Crippen molar-refractivity contribution in [3.63, 3.8) is 0 Å². The zero-order valence-electron chi connectivity index (χ0n) is 12.1. The maximum Gasteiger partial charge on any atom is 0.357 e. The van der Waals surface area contributed by atoms with Gasteiger partial charge in [0.05, 0.1) is 10.5 Å². The van der Waals surface area contributed by atoms with Crippen molar-refractivity contribution < 1.29 is 24.1 Å². The van der Waals surface area contributed by atoms with Crippen LogP contribution in [-0.4, -0.2) is 22.5 Å². The Labute approximate surface area is 120 Å². The van der Waals surface area contributed by atoms with Crippen molar-refractivity contribution in [1.29, 1.82) is 0 Å². The van der Waals surface area contributed by atoms with E-state index in [-0.39, 0.29) is 11.1 Å². The van der Waals surface area contributed by atoms with Gasteiger partial charge in [0.25, 0.3) is 5.69 Å². The van der Waals surface area contributed by atoms with Crippen molar-refractivity contribution in [2.24, 2.45) is 5.90 Å². The van der Waals surface area contributed by atoms with Crippen LogP contribution in [0.15, 0.2) is 12.1 Å². The molecule has 0 aromatic heterocycles. The Kier molecular flexibility index (Phi) is 4.64. The number of esters is 1. The highest BCUT2D eigenvalue weighted by Crippen LogP contribution is 2.29. The first-order chi connectivity index (χ1) is 9.58. The number of rotatable bonds is 3. The Balaban J connectivity index is 3.57. The van der Waals surface area contributed by atoms with Crippen LogP contribution in [0.2, 0.25) is 0 Å². The van der Waals surface area contributed by atoms with E-state index >= 15 is 0 Å². The highest BCUT2D eigenvalue weighted by Gasteiger charge is 2.33. The summed E-state index contributed by atoms with van der Waals surface area (Å²) < 4.78 is 5.11. The third-order valence-corrected chi connectivity index (χ3v) is 2.49. The predicted octanol–water partition coefficient (Wildman–Crippen LogP) is 1.89. The molecule has 0 fully saturated rings. The molecule has 114 valence electrons. The van der Waals surface area contributed by atoms with E-state index in [9.17, 15) is 19.7 Å². The van der Waals surface area contributed by atoms with Crippen LogP contribution in [0.5, 0.6) is 0 Å². The fraction of sp³-hybridized carbons (Fsp3) is 0.385. The van der Waals surface area contributed by atoms with Gasteiger partial charge < -0.3 is 9.57 Å². The van der Waals surface area contributed by atoms with Crippen molar-refractivity contribution in [3.8, 4) is 0 Å². The molecule has 0 saturated carbocycles. The Hall–Kier alpha value is -2.48. The second-order valence-corrected chi connectivity index (χ2v) is 5.32. The standard InChI is InChI=1S/C13H16N2O6/c1-7-5-6-8(11(16)21-14)9(10(7)15(18)19)12(17)20-13(2,3)4/h5-6H,14H2,1-4H3. The largest absolute Gasteiger partial charge is 0.456 e. The first-order valence-corrected chi connectivity index (χ1v) is 6.01. The minimum Gasteiger partial charge on any atom is -0.456 e. The number of carbonyl (C=O) groups excluding carboxylic acids is 2. The quantitative estimate of drug-likeness (QED) is 0.513. The highest BCUT2D eigenvalue weighted by atomic mass is 16.7. The summed E-state index contributed by atoms with van der Waals surface area (Å²) in [5.41, 5.74) is -1.95. The zero-order chi connectivity index (χ0) is 16.4. The van der Waals surface area contributed by atoms with Gasteiger partial charge in [-0.3, -0.25) is 10.1 Å². The van der Waals surface area contributed by atoms with E-state index in [0.29, 0.717) is 0 Å². The minimum absolute atomic E-state index is 0.217. The summed E-state index contributed by atoms with van der Waals surface area (Å²) in [6.45, 7) is 6.26. The number of hydrogen-bond acceptors (Lipinski definition) is 7. The van der Waals surface area contributed by atoms with Crippen molar-refractivity contribution in [3.05, 3.63) is 38.9 Å². The molecule has 0 spiro atoms. The van der Waals surface area contributed by atoms with E-state index in [1.165, 1.54) is 19.1 Å². The molecule has 0 aliphatic rings. The molecule has 0 amide bonds. The van der Waals surface area contributed by atoms with E-state index in [2.05, 4.69) is 4.84 Å². The number of benzene rings is 1. The summed E-state index contributed by atoms with van der Waals surface area (Å²) in [7, 11) is 0. The number of nitrogens with zero attached hydrogens (tertiary/aromatic N) is 1. The molecule has 21 heavy (non-hydrogen) atoms. The minimum atomic E-state index is -1.06. The number of ether oxygens (including phenoxy) is 1. The van der Waals surface area contributed by atoms with Crippen LogP contribution in [0.4, 0.5) is 5.69 Å². The molecule has 0 saturated heterocycles. The Morgan fingerprint density at radius 2 is 1.81 bits per heavy atom. The summed E-state index contributed by atoms with van der Waals surface area (Å²) in [6.07, 6.45) is 0. The molecule has 0 unspecified atom stereocenters. The highest BCUT2D eigenvalue weighted by molar-refractivity contribution is 6.06. The summed E-state index contributed by atoms with van der Waals surface area (Å²) >= 11 is 0. The normalized spacial score (nSPS) is 10.9. The van der Waals surface area contributed by atoms with Crippen molar-refractivity contribution >= 4 is 17.6 Å². The van der Waals surface area contributed by atoms with E-state index < -0.39 is 33.7 Å². The fourth-order valence-electron chi connectivity index (χ4n) is 1.70. The third-order valence-electron chi connectivity index (χ3n) is 2.49. The lowest BCUT2D eigenvalue weighted by atomic mass is 10.0. The van der Waals surface area contributed by atoms with Crippen LogP contribution in [0.1, 0.15) is 47.1 Å². The molecule has 0 radical (unpaired) electrons. The van der Waals surface area contributed by atoms with Gasteiger partial charge in [0.2, 0.25) is 0 Å². The Morgan fingerprint density at radius 3 is 2.24 bits per heavy atom. The van der Waals surface area contributed by atoms with Crippen LogP contribution < -0.4 is 5.90 Å². The van der Waals surface area contributed by atoms with Crippen LogP contribution >= 0.6 is 0 Å². The van der Waals surface area contributed by atoms with Crippen LogP contribution in [0.3, 0.4) is 0 Å². The number of nitro benzene ring substituents is 1. The molecule has 1 aromatic rings. The van der Waals surface area contributed by atoms with E-state index in [1.807, 2.05) is 0 Å². The first-order valence-electron chi connectivity index (χ1n) is 6.01. The predicted molar refractivity (Wildman–Crippen MR) is 72.6 cm³/mol. The van der Waals surface area contributed by atoms with Crippen molar-refractivity contribution in [2.75, 3.05) is 0 Å². The molecule has 0 aliphatic carbocycles. The summed E-state index contributed by atoms with van der Waals surface area (Å²) in [5.74, 6) is 2.75. The third kappa shape index (κ3) is 3.76. The Bertz CT molecular complexity index is 603. The molecule has 8 nitrogen and oxygen atoms in total. The molecule has 0 bridgehead atoms. The smallest absolute Gasteiger partial charge is 0.357 e. The van der Waals surface area contributed by atoms with Gasteiger partial charge in [0.15, 0.2) is 5.56 Å². The van der Waals surface area contributed by atoms with Gasteiger partial charge in [-0.05, 0) is 33.8 Å². The van der Waals surface area contributed by atoms with E-state index in [0.717, 1.165) is 0 Å². The van der Waals surface area contributed by atoms with Gasteiger partial charge in [-0.15, -0.1) is 0 Å². The van der Waals surface area contributed by atoms with Crippen LogP contribution in [0.25, 0.3) is 0 Å². The van der Waals surface area contributed by atoms with Gasteiger partial charge in [0.1, 0.15) is 5.60 Å². The molecule has 1 rings (SSSR count). The molecule has 0 aliphatic heterocycles. The molecule has 0 heterocycles. The lowest BCUT2D eigenvalue weighted by Crippen LogP contribution is -2.26. The SMILES string of the molecule is Cc1ccc(C(=O)ON)c(C(=O)OC(C)(C)C)c1[N+](=O)[O-]. The second-order valence-electron chi connectivity index (χ2n) is 5.32. The number of nitrogens with two attached hydrogens (primary N) is 1. The van der Waals surface area contributed by atoms with Gasteiger partial charge in [0, 0.05) is 5.56 Å². The van der Waals surface area contributed by atoms with E-state index in [4.69, 9.17) is 10.6 Å². The zero-order valence-corrected chi connectivity index (χ0v) is 12.1. The second kappa shape index (κ2) is 5.88. The van der Waals surface area contributed by atoms with Crippen molar-refractivity contribution in [2.45, 2.75) is 33.3 Å². The monoisotopic (exact) mass is 296 g/mol. The number of hydrogen-bond donors (Lipinski definition) is 1. The van der Waals surface area contributed by atoms with Gasteiger partial charge in [-0.25, -0.2) is 9.59 Å². The molecule has 2 N–H and O–H groups in total. The topological polar surface area (TPSA) is 122 Å². The van der Waals surface area contributed by atoms with Crippen LogP contribution in [-0.2, 0) is 9.57 Å². The molecule has 8 heteroatoms. The maximum atomic E-state index is 12.2. The van der Waals surface area contributed by atoms with Crippen LogP contribution in [0, 0.1) is 17.0 Å². The average Bonchev–Trinajstić information content (AvgIpc) is 2.34. The number of carbonyl (C=O) groups is 2. The fourth-order valence-corrected chi connectivity index (χ4v) is 1.70. The Morgan fingerprint density at radius 1 is 1.24 bits per heavy atom. The average molecular weight is 296 g/mol. The number of aryl methyl sites for hydroxylation is 1. The molecule has 0 atom stereocenters. The first kappa shape index (κ1) is 16.6.